The van der Waals surface area contributed by atoms with Crippen LogP contribution >= 0.6 is 0 Å². The van der Waals surface area contributed by atoms with Gasteiger partial charge in [0, 0.05) is 0 Å². The Bertz CT molecular complexity index is 343. The summed E-state index contributed by atoms with van der Waals surface area (Å²) in [6, 6.07) is 8.08. The highest BCUT2D eigenvalue weighted by molar-refractivity contribution is 5.68. The predicted octanol–water partition coefficient (Wildman–Crippen LogP) is -0.0395. The fourth-order valence-electron chi connectivity index (χ4n) is 1.63. The number of carbonyl (C=O) groups is 1. The lowest BCUT2D eigenvalue weighted by Crippen LogP contribution is -2.57. The Morgan fingerprint density at radius 2 is 1.88 bits per heavy atom. The number of rotatable bonds is 5. The smallest absolute Gasteiger partial charge is 0.0824 e. The molecule has 1 atom stereocenters. The van der Waals surface area contributed by atoms with Gasteiger partial charge in [-0.2, -0.15) is 0 Å². The van der Waals surface area contributed by atoms with Gasteiger partial charge >= 0.3 is 0 Å². The van der Waals surface area contributed by atoms with Gasteiger partial charge < -0.3 is 15.6 Å². The first-order valence-corrected chi connectivity index (χ1v) is 5.63. The van der Waals surface area contributed by atoms with Gasteiger partial charge in [0.15, 0.2) is 0 Å². The normalized spacial score (nSPS) is 12.8. The van der Waals surface area contributed by atoms with E-state index in [1.54, 1.807) is 0 Å². The molecule has 0 saturated carbocycles. The zero-order chi connectivity index (χ0) is 12.1. The van der Waals surface area contributed by atoms with Crippen LogP contribution in [0.4, 0.5) is 0 Å². The second-order valence-electron chi connectivity index (χ2n) is 4.41. The average molecular weight is 221 g/mol. The Balaban J connectivity index is 2.71. The number of carbonyl (C=O) groups excluding carboxylic acids is 1. The number of aliphatic carboxylic acids is 1. The lowest BCUT2D eigenvalue weighted by Gasteiger charge is -2.14. The van der Waals surface area contributed by atoms with Crippen LogP contribution in [0.1, 0.15) is 30.9 Å². The number of carboxylic acids is 1. The van der Waals surface area contributed by atoms with E-state index in [0.29, 0.717) is 18.9 Å². The number of hydrogen-bond acceptors (Lipinski definition) is 2. The SMILES string of the molecule is CC(C)c1ccc(C[C@H](C[NH3+])C(=O)[O-])cc1. The van der Waals surface area contributed by atoms with Crippen LogP contribution in [-0.2, 0) is 11.2 Å². The van der Waals surface area contributed by atoms with Crippen molar-refractivity contribution in [2.75, 3.05) is 6.54 Å². The van der Waals surface area contributed by atoms with Crippen LogP contribution in [0.2, 0.25) is 0 Å². The van der Waals surface area contributed by atoms with Gasteiger partial charge in [-0.05, 0) is 23.5 Å². The van der Waals surface area contributed by atoms with Gasteiger partial charge in [0.2, 0.25) is 0 Å². The lowest BCUT2D eigenvalue weighted by atomic mass is 9.96. The lowest BCUT2D eigenvalue weighted by molar-refractivity contribution is -0.387. The molecule has 0 radical (unpaired) electrons. The molecule has 0 saturated heterocycles. The molecule has 3 N–H and O–H groups in total. The van der Waals surface area contributed by atoms with Crippen molar-refractivity contribution in [1.29, 1.82) is 0 Å². The molecule has 1 rings (SSSR count). The minimum Gasteiger partial charge on any atom is -0.550 e. The standard InChI is InChI=1S/C13H19NO2/c1-9(2)11-5-3-10(4-6-11)7-12(8-14)13(15)16/h3-6,9,12H,7-8,14H2,1-2H3,(H,15,16)/t12-/m1/s1. The van der Waals surface area contributed by atoms with Crippen LogP contribution in [0.5, 0.6) is 0 Å². The van der Waals surface area contributed by atoms with Crippen molar-refractivity contribution in [3.8, 4) is 0 Å². The summed E-state index contributed by atoms with van der Waals surface area (Å²) in [4.78, 5) is 10.8. The van der Waals surface area contributed by atoms with E-state index in [9.17, 15) is 9.90 Å². The zero-order valence-corrected chi connectivity index (χ0v) is 9.90. The highest BCUT2D eigenvalue weighted by Crippen LogP contribution is 2.16. The second-order valence-corrected chi connectivity index (χ2v) is 4.41. The summed E-state index contributed by atoms with van der Waals surface area (Å²) in [5, 5.41) is 10.8. The van der Waals surface area contributed by atoms with Gasteiger partial charge in [0.1, 0.15) is 0 Å². The Morgan fingerprint density at radius 3 is 2.25 bits per heavy atom. The molecular formula is C13H19NO2. The van der Waals surface area contributed by atoms with E-state index in [1.807, 2.05) is 12.1 Å². The van der Waals surface area contributed by atoms with Gasteiger partial charge in [-0.1, -0.05) is 38.1 Å². The third kappa shape index (κ3) is 3.35. The minimum absolute atomic E-state index is 0.369. The maximum atomic E-state index is 10.8. The summed E-state index contributed by atoms with van der Waals surface area (Å²) in [7, 11) is 0. The van der Waals surface area contributed by atoms with Crippen LogP contribution in [0, 0.1) is 5.92 Å². The molecule has 0 spiro atoms. The van der Waals surface area contributed by atoms with Gasteiger partial charge in [-0.15, -0.1) is 0 Å². The molecule has 3 nitrogen and oxygen atoms in total. The predicted molar refractivity (Wildman–Crippen MR) is 60.5 cm³/mol. The molecule has 0 aliphatic carbocycles. The van der Waals surface area contributed by atoms with Crippen molar-refractivity contribution >= 4 is 5.97 Å². The van der Waals surface area contributed by atoms with Crippen molar-refractivity contribution in [2.45, 2.75) is 26.2 Å². The molecule has 0 fully saturated rings. The van der Waals surface area contributed by atoms with E-state index in [4.69, 9.17) is 0 Å². The molecular weight excluding hydrogens is 202 g/mol. The van der Waals surface area contributed by atoms with Gasteiger partial charge in [-0.3, -0.25) is 0 Å². The number of hydrogen-bond donors (Lipinski definition) is 1. The first-order valence-electron chi connectivity index (χ1n) is 5.63. The molecule has 0 unspecified atom stereocenters. The summed E-state index contributed by atoms with van der Waals surface area (Å²) in [6.45, 7) is 4.64. The fourth-order valence-corrected chi connectivity index (χ4v) is 1.63. The van der Waals surface area contributed by atoms with Crippen molar-refractivity contribution < 1.29 is 15.6 Å². The van der Waals surface area contributed by atoms with E-state index in [-0.39, 0.29) is 0 Å². The molecule has 88 valence electrons. The summed E-state index contributed by atoms with van der Waals surface area (Å²) in [6.07, 6.45) is 0.504. The van der Waals surface area contributed by atoms with Crippen LogP contribution in [0.3, 0.4) is 0 Å². The van der Waals surface area contributed by atoms with E-state index >= 15 is 0 Å². The Kier molecular flexibility index (Phi) is 4.50. The molecule has 0 aromatic heterocycles. The molecule has 0 aliphatic rings. The monoisotopic (exact) mass is 221 g/mol. The summed E-state index contributed by atoms with van der Waals surface area (Å²) >= 11 is 0. The third-order valence-electron chi connectivity index (χ3n) is 2.81. The van der Waals surface area contributed by atoms with Crippen molar-refractivity contribution in [3.63, 3.8) is 0 Å². The minimum atomic E-state index is -1.01. The molecule has 0 amide bonds. The summed E-state index contributed by atoms with van der Waals surface area (Å²) < 4.78 is 0. The quantitative estimate of drug-likeness (QED) is 0.758. The summed E-state index contributed by atoms with van der Waals surface area (Å²) in [5.41, 5.74) is 5.93. The fraction of sp³-hybridized carbons (Fsp3) is 0.462. The number of carboxylic acid groups (broad SMARTS) is 1. The van der Waals surface area contributed by atoms with Crippen LogP contribution in [0.15, 0.2) is 24.3 Å². The first-order chi connectivity index (χ1) is 7.54. The Hall–Kier alpha value is -1.35. The van der Waals surface area contributed by atoms with Gasteiger partial charge in [-0.25, -0.2) is 0 Å². The molecule has 0 heterocycles. The van der Waals surface area contributed by atoms with E-state index in [0.717, 1.165) is 5.56 Å². The maximum absolute atomic E-state index is 10.8. The highest BCUT2D eigenvalue weighted by Gasteiger charge is 2.11. The largest absolute Gasteiger partial charge is 0.550 e. The van der Waals surface area contributed by atoms with E-state index < -0.39 is 11.9 Å². The third-order valence-corrected chi connectivity index (χ3v) is 2.81. The van der Waals surface area contributed by atoms with E-state index in [2.05, 4.69) is 31.7 Å². The molecule has 16 heavy (non-hydrogen) atoms. The van der Waals surface area contributed by atoms with Crippen LogP contribution < -0.4 is 10.8 Å². The zero-order valence-electron chi connectivity index (χ0n) is 9.90. The molecule has 0 bridgehead atoms. The molecule has 3 heteroatoms. The first kappa shape index (κ1) is 12.7. The molecule has 1 aromatic carbocycles. The average Bonchev–Trinajstić information content (AvgIpc) is 2.26. The van der Waals surface area contributed by atoms with Crippen molar-refractivity contribution in [3.05, 3.63) is 35.4 Å². The highest BCUT2D eigenvalue weighted by atomic mass is 16.4. The van der Waals surface area contributed by atoms with Crippen LogP contribution in [-0.4, -0.2) is 12.5 Å². The topological polar surface area (TPSA) is 67.8 Å². The van der Waals surface area contributed by atoms with Crippen molar-refractivity contribution in [2.24, 2.45) is 5.92 Å². The Labute approximate surface area is 96.3 Å². The summed E-state index contributed by atoms with van der Waals surface area (Å²) in [5.74, 6) is -0.994. The van der Waals surface area contributed by atoms with Crippen molar-refractivity contribution in [1.82, 2.24) is 0 Å². The van der Waals surface area contributed by atoms with E-state index in [1.165, 1.54) is 5.56 Å². The van der Waals surface area contributed by atoms with Crippen LogP contribution in [0.25, 0.3) is 0 Å². The second kappa shape index (κ2) is 5.66. The Morgan fingerprint density at radius 1 is 1.31 bits per heavy atom. The number of quaternary nitrogens is 1. The number of benzene rings is 1. The molecule has 1 aromatic rings. The van der Waals surface area contributed by atoms with Gasteiger partial charge in [0.05, 0.1) is 18.4 Å². The molecule has 0 aliphatic heterocycles. The maximum Gasteiger partial charge on any atom is 0.0824 e. The van der Waals surface area contributed by atoms with Gasteiger partial charge in [0.25, 0.3) is 0 Å².